The van der Waals surface area contributed by atoms with Crippen LogP contribution in [0, 0.1) is 13.8 Å². The monoisotopic (exact) mass is 269 g/mol. The summed E-state index contributed by atoms with van der Waals surface area (Å²) in [4.78, 5) is 14.5. The lowest BCUT2D eigenvalue weighted by Crippen LogP contribution is -2.30. The number of para-hydroxylation sites is 1. The van der Waals surface area contributed by atoms with Gasteiger partial charge in [-0.25, -0.2) is 0 Å². The second kappa shape index (κ2) is 4.78. The van der Waals surface area contributed by atoms with E-state index >= 15 is 0 Å². The fourth-order valence-corrected chi connectivity index (χ4v) is 2.92. The van der Waals surface area contributed by atoms with Crippen LogP contribution < -0.4 is 4.90 Å². The highest BCUT2D eigenvalue weighted by molar-refractivity contribution is 5.96. The van der Waals surface area contributed by atoms with E-state index in [1.54, 1.807) is 0 Å². The van der Waals surface area contributed by atoms with Crippen LogP contribution >= 0.6 is 0 Å². The molecular formula is C16H19N3O. The summed E-state index contributed by atoms with van der Waals surface area (Å²) in [7, 11) is 1.92. The minimum absolute atomic E-state index is 0.161. The average Bonchev–Trinajstić information content (AvgIpc) is 2.96. The van der Waals surface area contributed by atoms with Crippen molar-refractivity contribution < 1.29 is 4.79 Å². The standard InChI is InChI=1S/C16H19N3O/c1-11-14(12(2)18(3)17-11)10-16(20)19-9-8-13-6-4-5-7-15(13)19/h4-7H,8-10H2,1-3H3. The summed E-state index contributed by atoms with van der Waals surface area (Å²) in [6, 6.07) is 8.15. The molecule has 2 heterocycles. The molecule has 4 nitrogen and oxygen atoms in total. The Balaban J connectivity index is 1.85. The van der Waals surface area contributed by atoms with E-state index in [9.17, 15) is 4.79 Å². The van der Waals surface area contributed by atoms with Crippen molar-refractivity contribution in [2.75, 3.05) is 11.4 Å². The van der Waals surface area contributed by atoms with E-state index in [1.165, 1.54) is 5.56 Å². The molecular weight excluding hydrogens is 250 g/mol. The number of benzene rings is 1. The van der Waals surface area contributed by atoms with Gasteiger partial charge in [-0.05, 0) is 31.9 Å². The van der Waals surface area contributed by atoms with Gasteiger partial charge < -0.3 is 4.90 Å². The van der Waals surface area contributed by atoms with Crippen molar-refractivity contribution in [2.45, 2.75) is 26.7 Å². The third-order valence-electron chi connectivity index (χ3n) is 4.18. The van der Waals surface area contributed by atoms with Gasteiger partial charge in [0.2, 0.25) is 5.91 Å². The summed E-state index contributed by atoms with van der Waals surface area (Å²) in [5.41, 5.74) is 5.41. The molecule has 3 rings (SSSR count). The van der Waals surface area contributed by atoms with Gasteiger partial charge >= 0.3 is 0 Å². The molecule has 0 unspecified atom stereocenters. The van der Waals surface area contributed by atoms with Crippen LogP contribution in [-0.2, 0) is 24.7 Å². The largest absolute Gasteiger partial charge is 0.312 e. The summed E-state index contributed by atoms with van der Waals surface area (Å²) in [5.74, 6) is 0.161. The molecule has 1 aromatic heterocycles. The number of anilines is 1. The van der Waals surface area contributed by atoms with Crippen LogP contribution in [-0.4, -0.2) is 22.2 Å². The third kappa shape index (κ3) is 2.01. The van der Waals surface area contributed by atoms with E-state index in [-0.39, 0.29) is 5.91 Å². The van der Waals surface area contributed by atoms with Crippen LogP contribution in [0.3, 0.4) is 0 Å². The maximum Gasteiger partial charge on any atom is 0.231 e. The Kier molecular flexibility index (Phi) is 3.08. The number of hydrogen-bond donors (Lipinski definition) is 0. The SMILES string of the molecule is Cc1nn(C)c(C)c1CC(=O)N1CCc2ccccc21. The van der Waals surface area contributed by atoms with Crippen LogP contribution in [0.4, 0.5) is 5.69 Å². The first kappa shape index (κ1) is 12.9. The van der Waals surface area contributed by atoms with E-state index in [4.69, 9.17) is 0 Å². The van der Waals surface area contributed by atoms with Gasteiger partial charge in [0.25, 0.3) is 0 Å². The number of carbonyl (C=O) groups excluding carboxylic acids is 1. The Morgan fingerprint density at radius 1 is 1.30 bits per heavy atom. The first-order valence-corrected chi connectivity index (χ1v) is 6.95. The molecule has 0 fully saturated rings. The lowest BCUT2D eigenvalue weighted by Gasteiger charge is -2.17. The van der Waals surface area contributed by atoms with E-state index in [1.807, 2.05) is 48.7 Å². The molecule has 0 N–H and O–H groups in total. The highest BCUT2D eigenvalue weighted by atomic mass is 16.2. The summed E-state index contributed by atoms with van der Waals surface area (Å²) in [6.07, 6.45) is 1.38. The molecule has 0 spiro atoms. The third-order valence-corrected chi connectivity index (χ3v) is 4.18. The number of aromatic nitrogens is 2. The predicted molar refractivity (Wildman–Crippen MR) is 78.9 cm³/mol. The molecule has 1 aliphatic rings. The number of carbonyl (C=O) groups is 1. The van der Waals surface area contributed by atoms with Gasteiger partial charge in [0.1, 0.15) is 0 Å². The first-order chi connectivity index (χ1) is 9.58. The quantitative estimate of drug-likeness (QED) is 0.838. The van der Waals surface area contributed by atoms with E-state index in [0.29, 0.717) is 6.42 Å². The van der Waals surface area contributed by atoms with Crippen LogP contribution in [0.5, 0.6) is 0 Å². The number of hydrogen-bond acceptors (Lipinski definition) is 2. The van der Waals surface area contributed by atoms with Crippen molar-refractivity contribution >= 4 is 11.6 Å². The normalized spacial score (nSPS) is 13.7. The van der Waals surface area contributed by atoms with Crippen molar-refractivity contribution in [1.82, 2.24) is 9.78 Å². The Morgan fingerprint density at radius 3 is 2.75 bits per heavy atom. The summed E-state index contributed by atoms with van der Waals surface area (Å²) < 4.78 is 1.84. The predicted octanol–water partition coefficient (Wildman–Crippen LogP) is 2.17. The number of aryl methyl sites for hydroxylation is 2. The van der Waals surface area contributed by atoms with E-state index in [2.05, 4.69) is 11.2 Å². The van der Waals surface area contributed by atoms with Gasteiger partial charge in [0, 0.05) is 30.5 Å². The van der Waals surface area contributed by atoms with Gasteiger partial charge in [0.05, 0.1) is 12.1 Å². The topological polar surface area (TPSA) is 38.1 Å². The molecule has 104 valence electrons. The van der Waals surface area contributed by atoms with Crippen molar-refractivity contribution in [3.05, 3.63) is 46.8 Å². The molecule has 4 heteroatoms. The van der Waals surface area contributed by atoms with Crippen molar-refractivity contribution in [3.63, 3.8) is 0 Å². The number of amides is 1. The maximum atomic E-state index is 12.6. The molecule has 0 radical (unpaired) electrons. The Morgan fingerprint density at radius 2 is 2.05 bits per heavy atom. The van der Waals surface area contributed by atoms with Gasteiger partial charge in [-0.1, -0.05) is 18.2 Å². The molecule has 1 aromatic carbocycles. The molecule has 0 bridgehead atoms. The van der Waals surface area contributed by atoms with Crippen LogP contribution in [0.2, 0.25) is 0 Å². The molecule has 1 amide bonds. The Labute approximate surface area is 119 Å². The molecule has 2 aromatic rings. The zero-order valence-corrected chi connectivity index (χ0v) is 12.2. The molecule has 0 saturated carbocycles. The van der Waals surface area contributed by atoms with Crippen LogP contribution in [0.1, 0.15) is 22.5 Å². The minimum atomic E-state index is 0.161. The average molecular weight is 269 g/mol. The Bertz CT molecular complexity index is 672. The Hall–Kier alpha value is -2.10. The summed E-state index contributed by atoms with van der Waals surface area (Å²) in [5, 5.41) is 4.38. The van der Waals surface area contributed by atoms with Crippen LogP contribution in [0.25, 0.3) is 0 Å². The van der Waals surface area contributed by atoms with Crippen molar-refractivity contribution in [2.24, 2.45) is 7.05 Å². The molecule has 0 atom stereocenters. The number of fused-ring (bicyclic) bond motifs is 1. The zero-order chi connectivity index (χ0) is 14.3. The first-order valence-electron chi connectivity index (χ1n) is 6.95. The minimum Gasteiger partial charge on any atom is -0.312 e. The number of rotatable bonds is 2. The molecule has 0 saturated heterocycles. The fraction of sp³-hybridized carbons (Fsp3) is 0.375. The lowest BCUT2D eigenvalue weighted by molar-refractivity contribution is -0.117. The van der Waals surface area contributed by atoms with Crippen molar-refractivity contribution in [3.8, 4) is 0 Å². The van der Waals surface area contributed by atoms with Crippen LogP contribution in [0.15, 0.2) is 24.3 Å². The van der Waals surface area contributed by atoms with Gasteiger partial charge in [0.15, 0.2) is 0 Å². The smallest absolute Gasteiger partial charge is 0.231 e. The van der Waals surface area contributed by atoms with Gasteiger partial charge in [-0.2, -0.15) is 5.10 Å². The summed E-state index contributed by atoms with van der Waals surface area (Å²) in [6.45, 7) is 4.77. The molecule has 0 aliphatic carbocycles. The molecule has 20 heavy (non-hydrogen) atoms. The zero-order valence-electron chi connectivity index (χ0n) is 12.2. The van der Waals surface area contributed by atoms with Crippen molar-refractivity contribution in [1.29, 1.82) is 0 Å². The van der Waals surface area contributed by atoms with E-state index < -0.39 is 0 Å². The number of nitrogens with zero attached hydrogens (tertiary/aromatic N) is 3. The maximum absolute atomic E-state index is 12.6. The highest BCUT2D eigenvalue weighted by Gasteiger charge is 2.25. The second-order valence-electron chi connectivity index (χ2n) is 5.37. The fourth-order valence-electron chi connectivity index (χ4n) is 2.92. The second-order valence-corrected chi connectivity index (χ2v) is 5.37. The van der Waals surface area contributed by atoms with Gasteiger partial charge in [-0.3, -0.25) is 9.48 Å². The summed E-state index contributed by atoms with van der Waals surface area (Å²) >= 11 is 0. The van der Waals surface area contributed by atoms with E-state index in [0.717, 1.165) is 35.6 Å². The van der Waals surface area contributed by atoms with Gasteiger partial charge in [-0.15, -0.1) is 0 Å². The highest BCUT2D eigenvalue weighted by Crippen LogP contribution is 2.28. The lowest BCUT2D eigenvalue weighted by atomic mass is 10.1. The molecule has 1 aliphatic heterocycles.